The lowest BCUT2D eigenvalue weighted by atomic mass is 10.2. The van der Waals surface area contributed by atoms with Crippen LogP contribution in [0.3, 0.4) is 0 Å². The van der Waals surface area contributed by atoms with Crippen LogP contribution in [-0.2, 0) is 13.1 Å². The fourth-order valence-electron chi connectivity index (χ4n) is 1.92. The third kappa shape index (κ3) is 4.42. The molecule has 0 fully saturated rings. The number of imidazole rings is 1. The average molecular weight is 292 g/mol. The third-order valence-corrected chi connectivity index (χ3v) is 4.15. The molecule has 2 rings (SSSR count). The minimum Gasteiger partial charge on any atom is -0.331 e. The average Bonchev–Trinajstić information content (AvgIpc) is 2.99. The summed E-state index contributed by atoms with van der Waals surface area (Å²) in [5.41, 5.74) is 2.21. The van der Waals surface area contributed by atoms with Gasteiger partial charge in [0, 0.05) is 24.0 Å². The van der Waals surface area contributed by atoms with Crippen molar-refractivity contribution in [2.75, 3.05) is 6.54 Å². The molecule has 0 aliphatic carbocycles. The molecule has 2 heterocycles. The second kappa shape index (κ2) is 6.99. The molecule has 5 heteroatoms. The van der Waals surface area contributed by atoms with Gasteiger partial charge >= 0.3 is 0 Å². The maximum absolute atomic E-state index is 4.65. The van der Waals surface area contributed by atoms with Gasteiger partial charge in [-0.2, -0.15) is 0 Å². The van der Waals surface area contributed by atoms with Crippen molar-refractivity contribution in [3.63, 3.8) is 0 Å². The van der Waals surface area contributed by atoms with Gasteiger partial charge in [0.05, 0.1) is 29.3 Å². The Labute approximate surface area is 125 Å². The fourth-order valence-corrected chi connectivity index (χ4v) is 2.75. The molecule has 0 unspecified atom stereocenters. The molecular weight excluding hydrogens is 268 g/mol. The van der Waals surface area contributed by atoms with Crippen molar-refractivity contribution >= 4 is 11.3 Å². The molecule has 0 aliphatic rings. The zero-order chi connectivity index (χ0) is 14.5. The van der Waals surface area contributed by atoms with Gasteiger partial charge in [0.15, 0.2) is 0 Å². The molecule has 20 heavy (non-hydrogen) atoms. The Morgan fingerprint density at radius 3 is 2.70 bits per heavy atom. The number of rotatable bonds is 7. The van der Waals surface area contributed by atoms with Crippen LogP contribution in [-0.4, -0.2) is 21.1 Å². The molecule has 110 valence electrons. The summed E-state index contributed by atoms with van der Waals surface area (Å²) in [6.45, 7) is 11.4. The highest BCUT2D eigenvalue weighted by Gasteiger charge is 2.07. The van der Waals surface area contributed by atoms with E-state index in [1.807, 2.05) is 6.33 Å². The van der Waals surface area contributed by atoms with E-state index in [2.05, 4.69) is 59.1 Å². The van der Waals surface area contributed by atoms with E-state index in [9.17, 15) is 0 Å². The van der Waals surface area contributed by atoms with Crippen molar-refractivity contribution in [1.29, 1.82) is 0 Å². The molecule has 0 spiro atoms. The predicted molar refractivity (Wildman–Crippen MR) is 84.1 cm³/mol. The van der Waals surface area contributed by atoms with E-state index >= 15 is 0 Å². The van der Waals surface area contributed by atoms with Crippen LogP contribution in [0.1, 0.15) is 50.0 Å². The number of nitrogens with one attached hydrogen (secondary N) is 1. The molecular formula is C15H24N4S. The minimum absolute atomic E-state index is 0.507. The highest BCUT2D eigenvalue weighted by molar-refractivity contribution is 7.09. The van der Waals surface area contributed by atoms with Gasteiger partial charge in [-0.15, -0.1) is 11.3 Å². The lowest BCUT2D eigenvalue weighted by Crippen LogP contribution is -2.19. The van der Waals surface area contributed by atoms with Crippen LogP contribution in [0.25, 0.3) is 0 Å². The van der Waals surface area contributed by atoms with Crippen molar-refractivity contribution in [2.45, 2.75) is 46.7 Å². The van der Waals surface area contributed by atoms with E-state index in [4.69, 9.17) is 0 Å². The van der Waals surface area contributed by atoms with Crippen molar-refractivity contribution in [1.82, 2.24) is 19.9 Å². The quantitative estimate of drug-likeness (QED) is 0.852. The maximum Gasteiger partial charge on any atom is 0.0954 e. The molecule has 2 aromatic rings. The number of hydrogen-bond acceptors (Lipinski definition) is 4. The Kier molecular flexibility index (Phi) is 5.31. The van der Waals surface area contributed by atoms with Gasteiger partial charge in [-0.05, 0) is 12.5 Å². The van der Waals surface area contributed by atoms with E-state index in [0.717, 1.165) is 31.0 Å². The van der Waals surface area contributed by atoms with Gasteiger partial charge in [-0.1, -0.05) is 27.7 Å². The highest BCUT2D eigenvalue weighted by Crippen LogP contribution is 2.19. The van der Waals surface area contributed by atoms with Crippen LogP contribution in [0.4, 0.5) is 0 Å². The zero-order valence-electron chi connectivity index (χ0n) is 12.8. The fraction of sp³-hybridized carbons (Fsp3) is 0.600. The van der Waals surface area contributed by atoms with Crippen molar-refractivity contribution in [3.8, 4) is 0 Å². The second-order valence-corrected chi connectivity index (χ2v) is 6.78. The molecule has 0 aromatic carbocycles. The van der Waals surface area contributed by atoms with Gasteiger partial charge in [0.25, 0.3) is 0 Å². The lowest BCUT2D eigenvalue weighted by Gasteiger charge is -2.04. The van der Waals surface area contributed by atoms with E-state index in [1.54, 1.807) is 11.3 Å². The molecule has 0 atom stereocenters. The third-order valence-electron chi connectivity index (χ3n) is 2.95. The van der Waals surface area contributed by atoms with Crippen LogP contribution in [0.2, 0.25) is 0 Å². The molecule has 0 aliphatic heterocycles. The summed E-state index contributed by atoms with van der Waals surface area (Å²) in [5, 5.41) is 6.76. The SMILES string of the molecule is CC(C)CNCc1cn(Cc2csc(C(C)C)n2)cn1. The Bertz CT molecular complexity index is 527. The van der Waals surface area contributed by atoms with Gasteiger partial charge < -0.3 is 9.88 Å². The number of nitrogens with zero attached hydrogens (tertiary/aromatic N) is 3. The Hall–Kier alpha value is -1.20. The van der Waals surface area contributed by atoms with Crippen LogP contribution < -0.4 is 5.32 Å². The van der Waals surface area contributed by atoms with Crippen molar-refractivity contribution in [3.05, 3.63) is 34.3 Å². The lowest BCUT2D eigenvalue weighted by molar-refractivity contribution is 0.548. The summed E-state index contributed by atoms with van der Waals surface area (Å²) in [5.74, 6) is 1.17. The minimum atomic E-state index is 0.507. The standard InChI is InChI=1S/C15H24N4S/c1-11(2)5-16-6-13-7-19(10-17-13)8-14-9-20-15(18-14)12(3)4/h7,9-12,16H,5-6,8H2,1-4H3. The topological polar surface area (TPSA) is 42.7 Å². The molecule has 0 radical (unpaired) electrons. The van der Waals surface area contributed by atoms with E-state index in [1.165, 1.54) is 5.01 Å². The Morgan fingerprint density at radius 1 is 1.25 bits per heavy atom. The largest absolute Gasteiger partial charge is 0.331 e. The molecule has 4 nitrogen and oxygen atoms in total. The van der Waals surface area contributed by atoms with Crippen LogP contribution in [0, 0.1) is 5.92 Å². The van der Waals surface area contributed by atoms with Crippen LogP contribution in [0.5, 0.6) is 0 Å². The monoisotopic (exact) mass is 292 g/mol. The first-order chi connectivity index (χ1) is 9.54. The number of aromatic nitrogens is 3. The summed E-state index contributed by atoms with van der Waals surface area (Å²) in [6.07, 6.45) is 3.99. The molecule has 0 saturated heterocycles. The number of thiazole rings is 1. The highest BCUT2D eigenvalue weighted by atomic mass is 32.1. The first-order valence-electron chi connectivity index (χ1n) is 7.20. The normalized spacial score (nSPS) is 11.7. The van der Waals surface area contributed by atoms with Crippen LogP contribution in [0.15, 0.2) is 17.9 Å². The van der Waals surface area contributed by atoms with E-state index in [-0.39, 0.29) is 0 Å². The van der Waals surface area contributed by atoms with E-state index < -0.39 is 0 Å². The van der Waals surface area contributed by atoms with Gasteiger partial charge in [-0.25, -0.2) is 9.97 Å². The van der Waals surface area contributed by atoms with Gasteiger partial charge in [-0.3, -0.25) is 0 Å². The van der Waals surface area contributed by atoms with Gasteiger partial charge in [0.1, 0.15) is 0 Å². The molecule has 0 amide bonds. The first kappa shape index (κ1) is 15.2. The smallest absolute Gasteiger partial charge is 0.0954 e. The first-order valence-corrected chi connectivity index (χ1v) is 8.08. The van der Waals surface area contributed by atoms with Crippen molar-refractivity contribution in [2.24, 2.45) is 5.92 Å². The summed E-state index contributed by atoms with van der Waals surface area (Å²) >= 11 is 1.74. The molecule has 0 saturated carbocycles. The van der Waals surface area contributed by atoms with Crippen LogP contribution >= 0.6 is 11.3 Å². The second-order valence-electron chi connectivity index (χ2n) is 5.89. The summed E-state index contributed by atoms with van der Waals surface area (Å²) < 4.78 is 2.10. The van der Waals surface area contributed by atoms with Crippen molar-refractivity contribution < 1.29 is 0 Å². The van der Waals surface area contributed by atoms with Gasteiger partial charge in [0.2, 0.25) is 0 Å². The Balaban J connectivity index is 1.88. The summed E-state index contributed by atoms with van der Waals surface area (Å²) in [4.78, 5) is 9.08. The zero-order valence-corrected chi connectivity index (χ0v) is 13.6. The maximum atomic E-state index is 4.65. The molecule has 1 N–H and O–H groups in total. The summed E-state index contributed by atoms with van der Waals surface area (Å²) in [7, 11) is 0. The summed E-state index contributed by atoms with van der Waals surface area (Å²) in [6, 6.07) is 0. The number of hydrogen-bond donors (Lipinski definition) is 1. The predicted octanol–water partition coefficient (Wildman–Crippen LogP) is 3.26. The molecule has 0 bridgehead atoms. The Morgan fingerprint density at radius 2 is 2.05 bits per heavy atom. The molecule has 2 aromatic heterocycles. The van der Waals surface area contributed by atoms with E-state index in [0.29, 0.717) is 11.8 Å².